The molecule has 0 atom stereocenters. The van der Waals surface area contributed by atoms with E-state index in [-0.39, 0.29) is 5.56 Å². The Morgan fingerprint density at radius 3 is 2.60 bits per heavy atom. The molecule has 0 fully saturated rings. The minimum absolute atomic E-state index is 0.152. The molecule has 0 saturated carbocycles. The molecule has 0 aliphatic heterocycles. The van der Waals surface area contributed by atoms with Gasteiger partial charge in [0, 0.05) is 10.6 Å². The molecule has 3 rings (SSSR count). The van der Waals surface area contributed by atoms with Crippen LogP contribution in [0.25, 0.3) is 22.3 Å². The van der Waals surface area contributed by atoms with E-state index in [9.17, 15) is 4.79 Å². The van der Waals surface area contributed by atoms with Gasteiger partial charge in [0.1, 0.15) is 5.82 Å². The number of aromatic nitrogens is 2. The predicted octanol–water partition coefficient (Wildman–Crippen LogP) is 3.81. The molecule has 0 radical (unpaired) electrons. The number of benzene rings is 2. The van der Waals surface area contributed by atoms with Crippen LogP contribution in [0.3, 0.4) is 0 Å². The zero-order valence-corrected chi connectivity index (χ0v) is 11.7. The molecule has 1 N–H and O–H groups in total. The molecule has 0 aliphatic rings. The van der Waals surface area contributed by atoms with Gasteiger partial charge in [0.15, 0.2) is 0 Å². The fourth-order valence-electron chi connectivity index (χ4n) is 2.15. The molecule has 100 valence electrons. The van der Waals surface area contributed by atoms with E-state index in [2.05, 4.69) is 16.9 Å². The molecule has 1 aromatic heterocycles. The van der Waals surface area contributed by atoms with Crippen molar-refractivity contribution in [2.45, 2.75) is 13.3 Å². The van der Waals surface area contributed by atoms with E-state index in [0.717, 1.165) is 12.0 Å². The van der Waals surface area contributed by atoms with E-state index in [0.29, 0.717) is 21.7 Å². The zero-order chi connectivity index (χ0) is 14.1. The van der Waals surface area contributed by atoms with Gasteiger partial charge in [-0.15, -0.1) is 0 Å². The summed E-state index contributed by atoms with van der Waals surface area (Å²) in [7, 11) is 0. The number of hydrogen-bond acceptors (Lipinski definition) is 2. The summed E-state index contributed by atoms with van der Waals surface area (Å²) >= 11 is 5.96. The topological polar surface area (TPSA) is 45.8 Å². The van der Waals surface area contributed by atoms with Gasteiger partial charge in [-0.25, -0.2) is 4.98 Å². The molecule has 20 heavy (non-hydrogen) atoms. The summed E-state index contributed by atoms with van der Waals surface area (Å²) in [4.78, 5) is 19.4. The summed E-state index contributed by atoms with van der Waals surface area (Å²) in [6.45, 7) is 2.10. The third-order valence-electron chi connectivity index (χ3n) is 3.30. The van der Waals surface area contributed by atoms with Crippen LogP contribution >= 0.6 is 11.6 Å². The Labute approximate surface area is 121 Å². The highest BCUT2D eigenvalue weighted by Gasteiger charge is 2.06. The number of rotatable bonds is 2. The molecule has 0 saturated heterocycles. The molecule has 4 heteroatoms. The van der Waals surface area contributed by atoms with Crippen molar-refractivity contribution in [1.82, 2.24) is 9.97 Å². The Morgan fingerprint density at radius 1 is 1.15 bits per heavy atom. The van der Waals surface area contributed by atoms with Crippen LogP contribution in [0.5, 0.6) is 0 Å². The molecule has 3 aromatic rings. The van der Waals surface area contributed by atoms with Gasteiger partial charge in [-0.3, -0.25) is 4.79 Å². The van der Waals surface area contributed by atoms with Gasteiger partial charge in [-0.05, 0) is 30.2 Å². The molecule has 2 aromatic carbocycles. The fraction of sp³-hybridized carbons (Fsp3) is 0.125. The second-order valence-electron chi connectivity index (χ2n) is 4.63. The number of nitrogens with zero attached hydrogens (tertiary/aromatic N) is 1. The molecule has 1 heterocycles. The largest absolute Gasteiger partial charge is 0.306 e. The lowest BCUT2D eigenvalue weighted by Crippen LogP contribution is -2.09. The van der Waals surface area contributed by atoms with Crippen LogP contribution in [0.2, 0.25) is 5.02 Å². The molecule has 0 spiro atoms. The van der Waals surface area contributed by atoms with Gasteiger partial charge in [-0.2, -0.15) is 0 Å². The minimum atomic E-state index is -0.152. The number of aromatic amines is 1. The number of aryl methyl sites for hydroxylation is 1. The maximum atomic E-state index is 12.1. The van der Waals surface area contributed by atoms with Gasteiger partial charge in [0.25, 0.3) is 5.56 Å². The lowest BCUT2D eigenvalue weighted by molar-refractivity contribution is 1.13. The van der Waals surface area contributed by atoms with E-state index in [1.807, 2.05) is 24.3 Å². The lowest BCUT2D eigenvalue weighted by Gasteiger charge is -2.04. The van der Waals surface area contributed by atoms with E-state index in [1.165, 1.54) is 5.56 Å². The average Bonchev–Trinajstić information content (AvgIpc) is 2.46. The molecule has 0 bridgehead atoms. The number of H-pyrrole nitrogens is 1. The Morgan fingerprint density at radius 2 is 1.90 bits per heavy atom. The average molecular weight is 285 g/mol. The van der Waals surface area contributed by atoms with Crippen LogP contribution in [0.15, 0.2) is 47.3 Å². The molecule has 0 aliphatic carbocycles. The monoisotopic (exact) mass is 284 g/mol. The minimum Gasteiger partial charge on any atom is -0.306 e. The quantitative estimate of drug-likeness (QED) is 0.778. The van der Waals surface area contributed by atoms with Crippen LogP contribution in [-0.4, -0.2) is 9.97 Å². The van der Waals surface area contributed by atoms with Crippen LogP contribution in [0.1, 0.15) is 12.5 Å². The predicted molar refractivity (Wildman–Crippen MR) is 82.2 cm³/mol. The first-order valence-electron chi connectivity index (χ1n) is 6.46. The first-order valence-corrected chi connectivity index (χ1v) is 6.84. The second kappa shape index (κ2) is 5.10. The maximum Gasteiger partial charge on any atom is 0.259 e. The van der Waals surface area contributed by atoms with E-state index < -0.39 is 0 Å². The molecule has 0 amide bonds. The van der Waals surface area contributed by atoms with Gasteiger partial charge in [-0.1, -0.05) is 42.8 Å². The fourth-order valence-corrected chi connectivity index (χ4v) is 2.31. The molecular formula is C16H13ClN2O. The Hall–Kier alpha value is -2.13. The van der Waals surface area contributed by atoms with Gasteiger partial charge < -0.3 is 4.98 Å². The number of halogens is 1. The van der Waals surface area contributed by atoms with Crippen molar-refractivity contribution in [2.75, 3.05) is 0 Å². The van der Waals surface area contributed by atoms with E-state index >= 15 is 0 Å². The summed E-state index contributed by atoms with van der Waals surface area (Å²) in [6, 6.07) is 13.1. The van der Waals surface area contributed by atoms with E-state index in [4.69, 9.17) is 11.6 Å². The highest BCUT2D eigenvalue weighted by atomic mass is 35.5. The third kappa shape index (κ3) is 2.32. The second-order valence-corrected chi connectivity index (χ2v) is 5.06. The van der Waals surface area contributed by atoms with Crippen molar-refractivity contribution < 1.29 is 0 Å². The molecular weight excluding hydrogens is 272 g/mol. The number of fused-ring (bicyclic) bond motifs is 1. The van der Waals surface area contributed by atoms with Crippen molar-refractivity contribution in [3.63, 3.8) is 0 Å². The summed E-state index contributed by atoms with van der Waals surface area (Å²) in [5.41, 5.74) is 2.60. The van der Waals surface area contributed by atoms with Crippen molar-refractivity contribution >= 4 is 22.5 Å². The Balaban J connectivity index is 2.18. The number of hydrogen-bond donors (Lipinski definition) is 1. The molecule has 3 nitrogen and oxygen atoms in total. The van der Waals surface area contributed by atoms with Gasteiger partial charge >= 0.3 is 0 Å². The highest BCUT2D eigenvalue weighted by molar-refractivity contribution is 6.31. The van der Waals surface area contributed by atoms with Crippen molar-refractivity contribution in [3.8, 4) is 11.4 Å². The summed E-state index contributed by atoms with van der Waals surface area (Å²) in [5.74, 6) is 0.562. The van der Waals surface area contributed by atoms with Crippen molar-refractivity contribution in [3.05, 3.63) is 63.4 Å². The summed E-state index contributed by atoms with van der Waals surface area (Å²) < 4.78 is 0. The zero-order valence-electron chi connectivity index (χ0n) is 11.0. The maximum absolute atomic E-state index is 12.1. The van der Waals surface area contributed by atoms with E-state index in [1.54, 1.807) is 18.2 Å². The molecule has 0 unspecified atom stereocenters. The van der Waals surface area contributed by atoms with Crippen LogP contribution < -0.4 is 5.56 Å². The Kier molecular flexibility index (Phi) is 3.28. The lowest BCUT2D eigenvalue weighted by atomic mass is 10.1. The Bertz CT molecular complexity index is 822. The summed E-state index contributed by atoms with van der Waals surface area (Å²) in [5, 5.41) is 1.12. The van der Waals surface area contributed by atoms with Crippen molar-refractivity contribution in [1.29, 1.82) is 0 Å². The first-order chi connectivity index (χ1) is 9.67. The van der Waals surface area contributed by atoms with Gasteiger partial charge in [0.2, 0.25) is 0 Å². The van der Waals surface area contributed by atoms with Gasteiger partial charge in [0.05, 0.1) is 10.9 Å². The SMILES string of the molecule is CCc1ccc(-c2nc3cc(Cl)ccc3c(=O)[nH]2)cc1. The van der Waals surface area contributed by atoms with Crippen LogP contribution in [0.4, 0.5) is 0 Å². The number of nitrogens with one attached hydrogen (secondary N) is 1. The van der Waals surface area contributed by atoms with Crippen LogP contribution in [-0.2, 0) is 6.42 Å². The standard InChI is InChI=1S/C16H13ClN2O/c1-2-10-3-5-11(6-4-10)15-18-14-9-12(17)7-8-13(14)16(20)19-15/h3-9H,2H2,1H3,(H,18,19,20). The summed E-state index contributed by atoms with van der Waals surface area (Å²) in [6.07, 6.45) is 0.984. The normalized spacial score (nSPS) is 10.9. The smallest absolute Gasteiger partial charge is 0.259 e. The van der Waals surface area contributed by atoms with Crippen LogP contribution in [0, 0.1) is 0 Å². The third-order valence-corrected chi connectivity index (χ3v) is 3.54. The first kappa shape index (κ1) is 12.9. The highest BCUT2D eigenvalue weighted by Crippen LogP contribution is 2.19. The van der Waals surface area contributed by atoms with Crippen molar-refractivity contribution in [2.24, 2.45) is 0 Å².